The van der Waals surface area contributed by atoms with Gasteiger partial charge in [-0.25, -0.2) is 0 Å². The third-order valence-corrected chi connectivity index (χ3v) is 5.40. The lowest BCUT2D eigenvalue weighted by molar-refractivity contribution is -0.121. The number of carbonyl (C=O) groups is 2. The van der Waals surface area contributed by atoms with Crippen molar-refractivity contribution >= 4 is 23.7 Å². The van der Waals surface area contributed by atoms with Crippen LogP contribution in [0.4, 0.5) is 5.69 Å². The second kappa shape index (κ2) is 8.44. The Labute approximate surface area is 174 Å². The van der Waals surface area contributed by atoms with Crippen LogP contribution >= 0.6 is 0 Å². The van der Waals surface area contributed by atoms with Gasteiger partial charge in [0.1, 0.15) is 18.1 Å². The van der Waals surface area contributed by atoms with E-state index in [0.29, 0.717) is 29.2 Å². The number of amides is 2. The third kappa shape index (κ3) is 3.94. The molecule has 2 aliphatic rings. The highest BCUT2D eigenvalue weighted by Crippen LogP contribution is 2.32. The minimum atomic E-state index is -0.368. The van der Waals surface area contributed by atoms with Gasteiger partial charge in [0.2, 0.25) is 5.91 Å². The Kier molecular flexibility index (Phi) is 5.56. The molecule has 0 bridgehead atoms. The fourth-order valence-electron chi connectivity index (χ4n) is 3.68. The maximum absolute atomic E-state index is 12.9. The number of ether oxygens (including phenoxy) is 2. The summed E-state index contributed by atoms with van der Waals surface area (Å²) in [6.07, 6.45) is 2.35. The lowest BCUT2D eigenvalue weighted by Gasteiger charge is -2.25. The van der Waals surface area contributed by atoms with E-state index in [2.05, 4.69) is 21.2 Å². The smallest absolute Gasteiger partial charge is 0.251 e. The van der Waals surface area contributed by atoms with E-state index in [1.807, 2.05) is 24.4 Å². The fourth-order valence-corrected chi connectivity index (χ4v) is 3.68. The molecule has 4 rings (SSSR count). The number of nitrogens with zero attached hydrogens (tertiary/aromatic N) is 1. The van der Waals surface area contributed by atoms with Crippen LogP contribution in [0.15, 0.2) is 41.5 Å². The van der Waals surface area contributed by atoms with Crippen LogP contribution < -0.4 is 25.5 Å². The maximum atomic E-state index is 12.9. The van der Waals surface area contributed by atoms with Gasteiger partial charge in [0.25, 0.3) is 5.91 Å². The predicted molar refractivity (Wildman–Crippen MR) is 113 cm³/mol. The van der Waals surface area contributed by atoms with Crippen molar-refractivity contribution in [1.82, 2.24) is 10.7 Å². The number of carbonyl (C=O) groups excluding carboxylic acids is 2. The number of anilines is 1. The Morgan fingerprint density at radius 3 is 2.83 bits per heavy atom. The van der Waals surface area contributed by atoms with E-state index >= 15 is 0 Å². The molecule has 2 atom stereocenters. The van der Waals surface area contributed by atoms with Crippen molar-refractivity contribution in [3.63, 3.8) is 0 Å². The number of methoxy groups -OCH3 is 1. The number of nitrogens with one attached hydrogen (secondary N) is 3. The highest BCUT2D eigenvalue weighted by atomic mass is 16.5. The molecule has 0 spiro atoms. The van der Waals surface area contributed by atoms with E-state index in [-0.39, 0.29) is 30.3 Å². The topological polar surface area (TPSA) is 101 Å². The van der Waals surface area contributed by atoms with Crippen molar-refractivity contribution in [3.8, 4) is 11.5 Å². The largest absolute Gasteiger partial charge is 0.495 e. The summed E-state index contributed by atoms with van der Waals surface area (Å²) in [5.74, 6) is 0.799. The summed E-state index contributed by atoms with van der Waals surface area (Å²) in [5.41, 5.74) is 6.01. The minimum absolute atomic E-state index is 0.152. The Balaban J connectivity index is 1.48. The molecule has 2 heterocycles. The lowest BCUT2D eigenvalue weighted by atomic mass is 9.94. The van der Waals surface area contributed by atoms with Crippen LogP contribution in [0.1, 0.15) is 27.4 Å². The van der Waals surface area contributed by atoms with Gasteiger partial charge in [-0.05, 0) is 47.9 Å². The molecule has 0 aliphatic carbocycles. The van der Waals surface area contributed by atoms with E-state index in [4.69, 9.17) is 9.47 Å². The highest BCUT2D eigenvalue weighted by Gasteiger charge is 2.27. The van der Waals surface area contributed by atoms with Crippen LogP contribution in [0.25, 0.3) is 0 Å². The number of hydrogen-bond donors (Lipinski definition) is 3. The van der Waals surface area contributed by atoms with Gasteiger partial charge in [-0.15, -0.1) is 0 Å². The molecule has 8 heteroatoms. The van der Waals surface area contributed by atoms with Gasteiger partial charge in [-0.2, -0.15) is 5.10 Å². The summed E-state index contributed by atoms with van der Waals surface area (Å²) in [5, 5.41) is 9.61. The molecule has 3 N–H and O–H groups in total. The van der Waals surface area contributed by atoms with E-state index in [1.54, 1.807) is 32.4 Å². The van der Waals surface area contributed by atoms with E-state index in [0.717, 1.165) is 17.7 Å². The van der Waals surface area contributed by atoms with Crippen LogP contribution in [0, 0.1) is 5.92 Å². The van der Waals surface area contributed by atoms with E-state index < -0.39 is 0 Å². The van der Waals surface area contributed by atoms with Crippen LogP contribution in [0.3, 0.4) is 0 Å². The lowest BCUT2D eigenvalue weighted by Crippen LogP contribution is -2.33. The average molecular weight is 408 g/mol. The normalized spacial score (nSPS) is 19.3. The van der Waals surface area contributed by atoms with Gasteiger partial charge in [-0.1, -0.05) is 6.07 Å². The van der Waals surface area contributed by atoms with E-state index in [9.17, 15) is 9.59 Å². The molecule has 0 saturated carbocycles. The summed E-state index contributed by atoms with van der Waals surface area (Å²) >= 11 is 0. The van der Waals surface area contributed by atoms with Crippen molar-refractivity contribution in [2.45, 2.75) is 12.3 Å². The summed E-state index contributed by atoms with van der Waals surface area (Å²) in [6.45, 7) is 1.02. The summed E-state index contributed by atoms with van der Waals surface area (Å²) in [6, 6.07) is 11.0. The highest BCUT2D eigenvalue weighted by molar-refractivity contribution is 5.96. The predicted octanol–water partition coefficient (Wildman–Crippen LogP) is 1.92. The number of fused-ring (bicyclic) bond motifs is 1. The Hall–Kier alpha value is -3.55. The molecule has 2 aromatic carbocycles. The molecule has 0 aromatic heterocycles. The minimum Gasteiger partial charge on any atom is -0.495 e. The molecule has 156 valence electrons. The van der Waals surface area contributed by atoms with Gasteiger partial charge in [-0.3, -0.25) is 9.59 Å². The van der Waals surface area contributed by atoms with Crippen LogP contribution in [-0.4, -0.2) is 45.3 Å². The fraction of sp³-hybridized carbons (Fsp3) is 0.318. The molecule has 2 unspecified atom stereocenters. The molecule has 8 nitrogen and oxygen atoms in total. The van der Waals surface area contributed by atoms with Gasteiger partial charge in [0, 0.05) is 31.3 Å². The molecule has 2 aliphatic heterocycles. The first-order valence-electron chi connectivity index (χ1n) is 9.81. The summed E-state index contributed by atoms with van der Waals surface area (Å²) < 4.78 is 11.3. The first-order valence-corrected chi connectivity index (χ1v) is 9.81. The number of hydrogen-bond acceptors (Lipinski definition) is 6. The number of hydrazone groups is 1. The maximum Gasteiger partial charge on any atom is 0.251 e. The zero-order valence-electron chi connectivity index (χ0n) is 16.9. The molecule has 30 heavy (non-hydrogen) atoms. The zero-order chi connectivity index (χ0) is 21.1. The van der Waals surface area contributed by atoms with Crippen molar-refractivity contribution < 1.29 is 19.1 Å². The second-order valence-corrected chi connectivity index (χ2v) is 7.31. The van der Waals surface area contributed by atoms with Gasteiger partial charge >= 0.3 is 0 Å². The monoisotopic (exact) mass is 408 g/mol. The molecule has 2 amide bonds. The first-order chi connectivity index (χ1) is 14.6. The molecular weight excluding hydrogens is 384 g/mol. The zero-order valence-corrected chi connectivity index (χ0v) is 16.9. The second-order valence-electron chi connectivity index (χ2n) is 7.31. The average Bonchev–Trinajstić information content (AvgIpc) is 3.33. The SMILES string of the molecule is CNC(=O)c1ccc2c(c1)CC(C(=O)Nc1ccc(C3C=NNC3)cc1OC)CO2. The first kappa shape index (κ1) is 19.8. The van der Waals surface area contributed by atoms with Crippen molar-refractivity contribution in [2.75, 3.05) is 32.6 Å². The Bertz CT molecular complexity index is 1000. The summed E-state index contributed by atoms with van der Waals surface area (Å²) in [7, 11) is 3.17. The van der Waals surface area contributed by atoms with Crippen molar-refractivity contribution in [2.24, 2.45) is 11.0 Å². The summed E-state index contributed by atoms with van der Waals surface area (Å²) in [4.78, 5) is 24.8. The third-order valence-electron chi connectivity index (χ3n) is 5.40. The van der Waals surface area contributed by atoms with Crippen molar-refractivity contribution in [3.05, 3.63) is 53.1 Å². The van der Waals surface area contributed by atoms with Crippen LogP contribution in [-0.2, 0) is 11.2 Å². The standard InChI is InChI=1S/C22H24N4O4/c1-23-21(27)14-4-6-19-15(7-14)8-16(12-30-19)22(28)26-18-5-3-13(9-20(18)29-2)17-10-24-25-11-17/h3-7,9-10,16-17,25H,8,11-12H2,1-2H3,(H,23,27)(H,26,28). The van der Waals surface area contributed by atoms with Gasteiger partial charge in [0.05, 0.1) is 18.7 Å². The van der Waals surface area contributed by atoms with E-state index in [1.165, 1.54) is 0 Å². The van der Waals surface area contributed by atoms with Crippen LogP contribution in [0.5, 0.6) is 11.5 Å². The van der Waals surface area contributed by atoms with Crippen molar-refractivity contribution in [1.29, 1.82) is 0 Å². The Morgan fingerprint density at radius 1 is 1.23 bits per heavy atom. The molecule has 2 aromatic rings. The van der Waals surface area contributed by atoms with Gasteiger partial charge < -0.3 is 25.5 Å². The van der Waals surface area contributed by atoms with Crippen LogP contribution in [0.2, 0.25) is 0 Å². The van der Waals surface area contributed by atoms with Gasteiger partial charge in [0.15, 0.2) is 0 Å². The quantitative estimate of drug-likeness (QED) is 0.702. The Morgan fingerprint density at radius 2 is 2.10 bits per heavy atom. The molecule has 0 radical (unpaired) electrons. The number of benzene rings is 2. The molecular formula is C22H24N4O4. The molecule has 0 saturated heterocycles. The molecule has 0 fully saturated rings. The number of rotatable bonds is 5.